The zero-order valence-corrected chi connectivity index (χ0v) is 22.6. The molecule has 2 aromatic carbocycles. The summed E-state index contributed by atoms with van der Waals surface area (Å²) in [7, 11) is 1.88. The molecular weight excluding hydrogens is 468 g/mol. The molecule has 0 radical (unpaired) electrons. The topological polar surface area (TPSA) is 82.2 Å². The summed E-state index contributed by atoms with van der Waals surface area (Å²) in [5.41, 5.74) is 2.18. The highest BCUT2D eigenvalue weighted by atomic mass is 16.7. The van der Waals surface area contributed by atoms with Crippen LogP contribution in [-0.2, 0) is 32.1 Å². The van der Waals surface area contributed by atoms with Gasteiger partial charge in [0.15, 0.2) is 0 Å². The molecule has 0 aliphatic rings. The summed E-state index contributed by atoms with van der Waals surface area (Å²) >= 11 is 0. The Hall–Kier alpha value is -3.07. The molecule has 0 aliphatic carbocycles. The van der Waals surface area contributed by atoms with Crippen molar-refractivity contribution < 1.29 is 19.2 Å². The van der Waals surface area contributed by atoms with Crippen LogP contribution >= 0.6 is 0 Å². The summed E-state index contributed by atoms with van der Waals surface area (Å²) < 4.78 is 0. The number of hydroxylamine groups is 2. The van der Waals surface area contributed by atoms with Crippen molar-refractivity contribution in [2.45, 2.75) is 58.3 Å². The molecule has 202 valence electrons. The van der Waals surface area contributed by atoms with Gasteiger partial charge in [0.1, 0.15) is 12.5 Å². The number of carbonyl (C=O) groups is 3. The standard InChI is InChI=1S/C29H42N4O4/c1-5-17-30-29(36)27(21-26-14-10-7-11-15-26)31(4)22-28(32(23-35)19-20-34)33(37-24(2)3)18-16-25-12-8-6-9-13-25/h6-15,20,23-24,27-28H,5,16-19,21-22H2,1-4H3,(H,30,36). The summed E-state index contributed by atoms with van der Waals surface area (Å²) in [4.78, 5) is 46.3. The lowest BCUT2D eigenvalue weighted by Gasteiger charge is -2.40. The van der Waals surface area contributed by atoms with Crippen LogP contribution in [0, 0.1) is 0 Å². The van der Waals surface area contributed by atoms with Crippen LogP contribution in [0.4, 0.5) is 0 Å². The normalized spacial score (nSPS) is 12.9. The molecule has 0 saturated heterocycles. The summed E-state index contributed by atoms with van der Waals surface area (Å²) in [6, 6.07) is 19.4. The number of aldehydes is 1. The van der Waals surface area contributed by atoms with E-state index in [0.29, 0.717) is 45.2 Å². The molecular formula is C29H42N4O4. The lowest BCUT2D eigenvalue weighted by Crippen LogP contribution is -2.58. The van der Waals surface area contributed by atoms with Crippen LogP contribution in [0.5, 0.6) is 0 Å². The second kappa shape index (κ2) is 16.6. The first-order valence-corrected chi connectivity index (χ1v) is 13.0. The van der Waals surface area contributed by atoms with Crippen molar-refractivity contribution >= 4 is 18.6 Å². The Bertz CT molecular complexity index is 926. The van der Waals surface area contributed by atoms with Crippen LogP contribution in [0.3, 0.4) is 0 Å². The van der Waals surface area contributed by atoms with Crippen LogP contribution in [-0.4, -0.2) is 85.0 Å². The molecule has 2 amide bonds. The quantitative estimate of drug-likeness (QED) is 0.189. The van der Waals surface area contributed by atoms with Crippen molar-refractivity contribution in [1.29, 1.82) is 0 Å². The van der Waals surface area contributed by atoms with Gasteiger partial charge in [0.2, 0.25) is 12.3 Å². The SMILES string of the molecule is CCCNC(=O)C(Cc1ccccc1)N(C)CC(N(C=O)CC=O)N(CCc1ccccc1)OC(C)C. The van der Waals surface area contributed by atoms with Crippen LogP contribution in [0.2, 0.25) is 0 Å². The van der Waals surface area contributed by atoms with E-state index in [1.165, 1.54) is 4.90 Å². The number of likely N-dealkylation sites (N-methyl/N-ethyl adjacent to an activating group) is 1. The van der Waals surface area contributed by atoms with Crippen LogP contribution < -0.4 is 5.32 Å². The number of rotatable bonds is 18. The minimum absolute atomic E-state index is 0.0689. The summed E-state index contributed by atoms with van der Waals surface area (Å²) in [6.45, 7) is 7.21. The van der Waals surface area contributed by atoms with Gasteiger partial charge in [0, 0.05) is 19.6 Å². The second-order valence-electron chi connectivity index (χ2n) is 9.42. The average Bonchev–Trinajstić information content (AvgIpc) is 2.91. The van der Waals surface area contributed by atoms with Gasteiger partial charge >= 0.3 is 0 Å². The van der Waals surface area contributed by atoms with E-state index in [1.807, 2.05) is 93.4 Å². The second-order valence-corrected chi connectivity index (χ2v) is 9.42. The number of carbonyl (C=O) groups excluding carboxylic acids is 3. The summed E-state index contributed by atoms with van der Waals surface area (Å²) in [5.74, 6) is -0.0689. The number of amides is 2. The van der Waals surface area contributed by atoms with Crippen molar-refractivity contribution in [2.24, 2.45) is 0 Å². The van der Waals surface area contributed by atoms with E-state index in [4.69, 9.17) is 4.84 Å². The minimum Gasteiger partial charge on any atom is -0.355 e. The smallest absolute Gasteiger partial charge is 0.237 e. The average molecular weight is 511 g/mol. The van der Waals surface area contributed by atoms with Crippen molar-refractivity contribution in [1.82, 2.24) is 20.2 Å². The minimum atomic E-state index is -0.573. The van der Waals surface area contributed by atoms with E-state index < -0.39 is 12.2 Å². The number of nitrogens with zero attached hydrogens (tertiary/aromatic N) is 3. The molecule has 0 aromatic heterocycles. The first-order chi connectivity index (χ1) is 17.9. The largest absolute Gasteiger partial charge is 0.355 e. The molecule has 0 saturated carbocycles. The predicted octanol–water partition coefficient (Wildman–Crippen LogP) is 2.92. The lowest BCUT2D eigenvalue weighted by atomic mass is 10.0. The molecule has 0 spiro atoms. The molecule has 2 aromatic rings. The summed E-state index contributed by atoms with van der Waals surface area (Å²) in [5, 5.41) is 4.79. The maximum Gasteiger partial charge on any atom is 0.237 e. The number of hydrogen-bond acceptors (Lipinski definition) is 6. The lowest BCUT2D eigenvalue weighted by molar-refractivity contribution is -0.239. The molecule has 2 unspecified atom stereocenters. The maximum atomic E-state index is 13.2. The molecule has 8 nitrogen and oxygen atoms in total. The van der Waals surface area contributed by atoms with E-state index in [1.54, 1.807) is 5.06 Å². The molecule has 2 rings (SSSR count). The Morgan fingerprint density at radius 1 is 1.00 bits per heavy atom. The number of benzene rings is 2. The maximum absolute atomic E-state index is 13.2. The van der Waals surface area contributed by atoms with Gasteiger partial charge < -0.3 is 15.0 Å². The fourth-order valence-corrected chi connectivity index (χ4v) is 4.15. The molecule has 0 bridgehead atoms. The highest BCUT2D eigenvalue weighted by Gasteiger charge is 2.32. The zero-order chi connectivity index (χ0) is 27.0. The Morgan fingerprint density at radius 3 is 2.16 bits per heavy atom. The third-order valence-corrected chi connectivity index (χ3v) is 6.05. The van der Waals surface area contributed by atoms with Crippen LogP contribution in [0.25, 0.3) is 0 Å². The van der Waals surface area contributed by atoms with E-state index in [9.17, 15) is 14.4 Å². The number of nitrogens with one attached hydrogen (secondary N) is 1. The highest BCUT2D eigenvalue weighted by Crippen LogP contribution is 2.15. The Kier molecular flexibility index (Phi) is 13.6. The Labute approximate surface area is 221 Å². The predicted molar refractivity (Wildman–Crippen MR) is 146 cm³/mol. The van der Waals surface area contributed by atoms with Crippen molar-refractivity contribution in [3.05, 3.63) is 71.8 Å². The molecule has 0 heterocycles. The van der Waals surface area contributed by atoms with Gasteiger partial charge in [-0.05, 0) is 51.3 Å². The van der Waals surface area contributed by atoms with Gasteiger partial charge in [-0.2, -0.15) is 5.06 Å². The molecule has 37 heavy (non-hydrogen) atoms. The van der Waals surface area contributed by atoms with Gasteiger partial charge in [0.25, 0.3) is 0 Å². The third kappa shape index (κ3) is 10.4. The first-order valence-electron chi connectivity index (χ1n) is 13.0. The van der Waals surface area contributed by atoms with E-state index >= 15 is 0 Å². The van der Waals surface area contributed by atoms with Gasteiger partial charge in [-0.15, -0.1) is 0 Å². The molecule has 0 fully saturated rings. The van der Waals surface area contributed by atoms with E-state index in [-0.39, 0.29) is 18.6 Å². The highest BCUT2D eigenvalue weighted by molar-refractivity contribution is 5.82. The van der Waals surface area contributed by atoms with E-state index in [2.05, 4.69) is 5.32 Å². The molecule has 0 aliphatic heterocycles. The first kappa shape index (κ1) is 30.2. The fourth-order valence-electron chi connectivity index (χ4n) is 4.15. The Morgan fingerprint density at radius 2 is 1.62 bits per heavy atom. The van der Waals surface area contributed by atoms with Crippen molar-refractivity contribution in [3.8, 4) is 0 Å². The van der Waals surface area contributed by atoms with Gasteiger partial charge in [-0.1, -0.05) is 67.6 Å². The molecule has 8 heteroatoms. The summed E-state index contributed by atoms with van der Waals surface area (Å²) in [6.07, 6.45) is 2.73. The van der Waals surface area contributed by atoms with Gasteiger partial charge in [0.05, 0.1) is 18.7 Å². The monoisotopic (exact) mass is 510 g/mol. The van der Waals surface area contributed by atoms with Crippen molar-refractivity contribution in [3.63, 3.8) is 0 Å². The molecule has 2 atom stereocenters. The Balaban J connectivity index is 2.33. The van der Waals surface area contributed by atoms with Crippen LogP contribution in [0.15, 0.2) is 60.7 Å². The third-order valence-electron chi connectivity index (χ3n) is 6.05. The number of hydrogen-bond donors (Lipinski definition) is 1. The van der Waals surface area contributed by atoms with E-state index in [0.717, 1.165) is 17.5 Å². The fraction of sp³-hybridized carbons (Fsp3) is 0.483. The molecule has 1 N–H and O–H groups in total. The van der Waals surface area contributed by atoms with Gasteiger partial charge in [-0.3, -0.25) is 19.3 Å². The van der Waals surface area contributed by atoms with Crippen LogP contribution in [0.1, 0.15) is 38.3 Å². The zero-order valence-electron chi connectivity index (χ0n) is 22.6. The van der Waals surface area contributed by atoms with Crippen molar-refractivity contribution in [2.75, 3.05) is 33.2 Å². The van der Waals surface area contributed by atoms with Gasteiger partial charge in [-0.25, -0.2) is 0 Å².